The van der Waals surface area contributed by atoms with Crippen molar-refractivity contribution in [2.75, 3.05) is 27.9 Å². The third-order valence-corrected chi connectivity index (χ3v) is 4.47. The summed E-state index contributed by atoms with van der Waals surface area (Å²) in [6.07, 6.45) is 0.506. The summed E-state index contributed by atoms with van der Waals surface area (Å²) in [6.45, 7) is 2.59. The highest BCUT2D eigenvalue weighted by molar-refractivity contribution is 6.46. The molecule has 0 radical (unpaired) electrons. The van der Waals surface area contributed by atoms with E-state index in [1.807, 2.05) is 6.92 Å². The third kappa shape index (κ3) is 4.59. The first kappa shape index (κ1) is 13.4. The molecule has 1 atom stereocenters. The number of carbonyl (C=O) groups excluding carboxylic acids is 1. The van der Waals surface area contributed by atoms with Gasteiger partial charge in [0, 0.05) is 26.3 Å². The van der Waals surface area contributed by atoms with Crippen LogP contribution in [0.3, 0.4) is 0 Å². The number of ether oxygens (including phenoxy) is 1. The van der Waals surface area contributed by atoms with Gasteiger partial charge in [-0.1, -0.05) is 6.92 Å². The summed E-state index contributed by atoms with van der Waals surface area (Å²) in [5, 5.41) is 2.65. The van der Waals surface area contributed by atoms with Crippen LogP contribution in [0.25, 0.3) is 0 Å². The van der Waals surface area contributed by atoms with Gasteiger partial charge >= 0.3 is 15.4 Å². The van der Waals surface area contributed by atoms with Crippen LogP contribution in [0.5, 0.6) is 0 Å². The molecule has 0 saturated heterocycles. The first-order valence-corrected chi connectivity index (χ1v) is 6.17. The van der Waals surface area contributed by atoms with Crippen LogP contribution in [-0.4, -0.2) is 43.3 Å². The van der Waals surface area contributed by atoms with Crippen molar-refractivity contribution in [3.05, 3.63) is 0 Å². The van der Waals surface area contributed by atoms with E-state index in [1.165, 1.54) is 7.11 Å². The Balaban J connectivity index is 3.94. The zero-order valence-electron chi connectivity index (χ0n) is 9.20. The van der Waals surface area contributed by atoms with Gasteiger partial charge in [-0.25, -0.2) is 4.79 Å². The normalized spacial score (nSPS) is 12.6. The van der Waals surface area contributed by atoms with Gasteiger partial charge in [-0.2, -0.15) is 0 Å². The second-order valence-corrected chi connectivity index (χ2v) is 5.50. The van der Waals surface area contributed by atoms with Crippen LogP contribution in [0.2, 0.25) is 5.54 Å². The van der Waals surface area contributed by atoms with Crippen LogP contribution in [0.1, 0.15) is 13.3 Å². The van der Waals surface area contributed by atoms with Gasteiger partial charge in [0.1, 0.15) is 0 Å². The van der Waals surface area contributed by atoms with Crippen molar-refractivity contribution in [1.29, 1.82) is 0 Å². The van der Waals surface area contributed by atoms with E-state index in [2.05, 4.69) is 10.1 Å². The lowest BCUT2D eigenvalue weighted by atomic mass is 10.3. The van der Waals surface area contributed by atoms with Gasteiger partial charge in [0.15, 0.2) is 0 Å². The molecular weight excluding hydrogens is 202 g/mol. The van der Waals surface area contributed by atoms with Gasteiger partial charge in [-0.05, 0) is 6.42 Å². The van der Waals surface area contributed by atoms with Gasteiger partial charge in [0.25, 0.3) is 0 Å². The lowest BCUT2D eigenvalue weighted by Gasteiger charge is -2.21. The van der Waals surface area contributed by atoms with Crippen LogP contribution < -0.4 is 5.32 Å². The summed E-state index contributed by atoms with van der Waals surface area (Å²) in [5.41, 5.74) is 0.268. The molecule has 84 valence electrons. The number of nitrogens with one attached hydrogen (secondary N) is 1. The number of methoxy groups -OCH3 is 1. The second kappa shape index (κ2) is 7.78. The first-order chi connectivity index (χ1) is 6.69. The summed E-state index contributed by atoms with van der Waals surface area (Å²) >= 11 is 0. The van der Waals surface area contributed by atoms with Crippen molar-refractivity contribution in [2.24, 2.45) is 0 Å². The largest absolute Gasteiger partial charge is 0.453 e. The highest BCUT2D eigenvalue weighted by atomic mass is 28.3. The van der Waals surface area contributed by atoms with Crippen LogP contribution >= 0.6 is 0 Å². The zero-order valence-corrected chi connectivity index (χ0v) is 10.4. The van der Waals surface area contributed by atoms with Gasteiger partial charge in [0.05, 0.1) is 7.11 Å². The Morgan fingerprint density at radius 3 is 2.29 bits per heavy atom. The molecule has 0 aromatic heterocycles. The quantitative estimate of drug-likeness (QED) is 0.669. The molecule has 0 saturated carbocycles. The molecule has 0 rings (SSSR count). The SMILES string of the molecule is CCC(CNC(=O)OC)[SiH](OC)OC. The molecule has 0 aliphatic rings. The molecule has 1 amide bonds. The average molecular weight is 221 g/mol. The van der Waals surface area contributed by atoms with Gasteiger partial charge in [-0.3, -0.25) is 0 Å². The summed E-state index contributed by atoms with van der Waals surface area (Å²) < 4.78 is 15.0. The molecule has 0 aliphatic carbocycles. The zero-order chi connectivity index (χ0) is 11.0. The van der Waals surface area contributed by atoms with Crippen LogP contribution in [0.4, 0.5) is 4.79 Å². The summed E-state index contributed by atoms with van der Waals surface area (Å²) in [6, 6.07) is 0. The summed E-state index contributed by atoms with van der Waals surface area (Å²) in [4.78, 5) is 10.8. The highest BCUT2D eigenvalue weighted by Crippen LogP contribution is 2.14. The van der Waals surface area contributed by atoms with Crippen molar-refractivity contribution in [2.45, 2.75) is 18.9 Å². The minimum Gasteiger partial charge on any atom is -0.453 e. The molecule has 0 bridgehead atoms. The number of alkyl carbamates (subject to hydrolysis) is 1. The first-order valence-electron chi connectivity index (χ1n) is 4.56. The highest BCUT2D eigenvalue weighted by Gasteiger charge is 2.23. The Morgan fingerprint density at radius 1 is 1.36 bits per heavy atom. The fraction of sp³-hybridized carbons (Fsp3) is 0.875. The predicted octanol–water partition coefficient (Wildman–Crippen LogP) is 0.636. The molecule has 0 heterocycles. The number of amides is 1. The van der Waals surface area contributed by atoms with Gasteiger partial charge < -0.3 is 18.9 Å². The van der Waals surface area contributed by atoms with E-state index in [-0.39, 0.29) is 5.54 Å². The predicted molar refractivity (Wildman–Crippen MR) is 55.6 cm³/mol. The minimum atomic E-state index is -1.65. The third-order valence-electron chi connectivity index (χ3n) is 2.07. The van der Waals surface area contributed by atoms with Crippen molar-refractivity contribution in [3.8, 4) is 0 Å². The Morgan fingerprint density at radius 2 is 1.93 bits per heavy atom. The fourth-order valence-electron chi connectivity index (χ4n) is 1.20. The maximum atomic E-state index is 10.8. The Kier molecular flexibility index (Phi) is 7.45. The maximum absolute atomic E-state index is 10.8. The van der Waals surface area contributed by atoms with E-state index < -0.39 is 15.4 Å². The standard InChI is InChI=1S/C8H19NO4Si/c1-5-7(14(12-3)13-4)6-9-8(10)11-2/h7,14H,5-6H2,1-4H3,(H,9,10). The fourth-order valence-corrected chi connectivity index (χ4v) is 2.86. The molecule has 0 aliphatic heterocycles. The van der Waals surface area contributed by atoms with E-state index >= 15 is 0 Å². The number of carbonyl (C=O) groups is 1. The summed E-state index contributed by atoms with van der Waals surface area (Å²) in [5.74, 6) is 0. The van der Waals surface area contributed by atoms with E-state index in [0.29, 0.717) is 6.54 Å². The van der Waals surface area contributed by atoms with E-state index in [0.717, 1.165) is 6.42 Å². The maximum Gasteiger partial charge on any atom is 0.406 e. The van der Waals surface area contributed by atoms with Gasteiger partial charge in [-0.15, -0.1) is 0 Å². The van der Waals surface area contributed by atoms with Crippen LogP contribution in [0, 0.1) is 0 Å². The topological polar surface area (TPSA) is 56.8 Å². The van der Waals surface area contributed by atoms with Crippen LogP contribution in [0.15, 0.2) is 0 Å². The number of hydrogen-bond donors (Lipinski definition) is 1. The average Bonchev–Trinajstić information content (AvgIpc) is 2.23. The van der Waals surface area contributed by atoms with Gasteiger partial charge in [0.2, 0.25) is 0 Å². The molecule has 1 unspecified atom stereocenters. The summed E-state index contributed by atoms with van der Waals surface area (Å²) in [7, 11) is 2.98. The lowest BCUT2D eigenvalue weighted by molar-refractivity contribution is 0.170. The van der Waals surface area contributed by atoms with Crippen molar-refractivity contribution in [1.82, 2.24) is 5.32 Å². The Labute approximate surface area is 86.6 Å². The van der Waals surface area contributed by atoms with Crippen molar-refractivity contribution < 1.29 is 18.4 Å². The van der Waals surface area contributed by atoms with Crippen molar-refractivity contribution >= 4 is 15.4 Å². The van der Waals surface area contributed by atoms with E-state index in [9.17, 15) is 4.79 Å². The monoisotopic (exact) mass is 221 g/mol. The molecule has 5 nitrogen and oxygen atoms in total. The molecular formula is C8H19NO4Si. The Hall–Kier alpha value is -0.593. The molecule has 0 spiro atoms. The minimum absolute atomic E-state index is 0.268. The van der Waals surface area contributed by atoms with Crippen LogP contribution in [-0.2, 0) is 13.6 Å². The molecule has 6 heteroatoms. The lowest BCUT2D eigenvalue weighted by Crippen LogP contribution is -2.35. The van der Waals surface area contributed by atoms with E-state index in [1.54, 1.807) is 14.2 Å². The second-order valence-electron chi connectivity index (χ2n) is 2.88. The number of hydrogen-bond acceptors (Lipinski definition) is 4. The smallest absolute Gasteiger partial charge is 0.406 e. The molecule has 0 fully saturated rings. The Bertz CT molecular complexity index is 163. The van der Waals surface area contributed by atoms with Crippen molar-refractivity contribution in [3.63, 3.8) is 0 Å². The molecule has 1 N–H and O–H groups in total. The molecule has 0 aromatic rings. The molecule has 0 aromatic carbocycles. The van der Waals surface area contributed by atoms with E-state index in [4.69, 9.17) is 8.85 Å². The molecule has 14 heavy (non-hydrogen) atoms. The number of rotatable bonds is 6.